The van der Waals surface area contributed by atoms with Gasteiger partial charge < -0.3 is 14.2 Å². The van der Waals surface area contributed by atoms with E-state index in [4.69, 9.17) is 14.2 Å². The van der Waals surface area contributed by atoms with Crippen molar-refractivity contribution >= 4 is 11.4 Å². The molecular formula is C21H27N2O3+. The smallest absolute Gasteiger partial charge is 0.166 e. The van der Waals surface area contributed by atoms with Crippen LogP contribution in [0.1, 0.15) is 19.4 Å². The fourth-order valence-corrected chi connectivity index (χ4v) is 3.65. The number of nitrogens with one attached hydrogen (secondary N) is 1. The van der Waals surface area contributed by atoms with Crippen LogP contribution >= 0.6 is 0 Å². The highest BCUT2D eigenvalue weighted by Crippen LogP contribution is 2.52. The summed E-state index contributed by atoms with van der Waals surface area (Å²) < 4.78 is 16.7. The monoisotopic (exact) mass is 355 g/mol. The number of fused-ring (bicyclic) bond motifs is 1. The lowest BCUT2D eigenvalue weighted by atomic mass is 9.84. The van der Waals surface area contributed by atoms with E-state index in [1.807, 2.05) is 24.3 Å². The van der Waals surface area contributed by atoms with Gasteiger partial charge in [0.05, 0.1) is 26.7 Å². The summed E-state index contributed by atoms with van der Waals surface area (Å²) in [7, 11) is 7.09. The summed E-state index contributed by atoms with van der Waals surface area (Å²) in [6, 6.07) is 11.9. The molecule has 138 valence electrons. The summed E-state index contributed by atoms with van der Waals surface area (Å²) in [5.74, 6) is 2.32. The summed E-state index contributed by atoms with van der Waals surface area (Å²) in [6.45, 7) is 8.79. The molecular weight excluding hydrogens is 328 g/mol. The Hall–Kier alpha value is -2.66. The normalized spacial score (nSPS) is 20.5. The molecule has 0 spiro atoms. The molecule has 2 aromatic carbocycles. The molecule has 2 aromatic rings. The van der Waals surface area contributed by atoms with Crippen molar-refractivity contribution in [3.8, 4) is 17.2 Å². The molecule has 5 nitrogen and oxygen atoms in total. The lowest BCUT2D eigenvalue weighted by Crippen LogP contribution is -2.49. The lowest BCUT2D eigenvalue weighted by Gasteiger charge is -2.33. The number of quaternary nitrogens is 1. The van der Waals surface area contributed by atoms with Gasteiger partial charge in [0.2, 0.25) is 0 Å². The molecule has 0 radical (unpaired) electrons. The average molecular weight is 355 g/mol. The molecule has 0 fully saturated rings. The highest BCUT2D eigenvalue weighted by Gasteiger charge is 2.52. The van der Waals surface area contributed by atoms with E-state index in [1.165, 1.54) is 5.56 Å². The van der Waals surface area contributed by atoms with Crippen molar-refractivity contribution < 1.29 is 14.2 Å². The van der Waals surface area contributed by atoms with Crippen LogP contribution < -0.4 is 24.2 Å². The second kappa shape index (κ2) is 6.25. The molecule has 1 heterocycles. The minimum absolute atomic E-state index is 0.203. The van der Waals surface area contributed by atoms with Crippen LogP contribution in [0.25, 0.3) is 0 Å². The van der Waals surface area contributed by atoms with Crippen LogP contribution in [0.15, 0.2) is 48.7 Å². The number of benzene rings is 2. The zero-order valence-electron chi connectivity index (χ0n) is 16.3. The number of rotatable bonds is 5. The first kappa shape index (κ1) is 18.1. The molecule has 1 N–H and O–H groups in total. The van der Waals surface area contributed by atoms with Crippen LogP contribution in [0.4, 0.5) is 11.4 Å². The molecule has 3 rings (SSSR count). The molecule has 5 heteroatoms. The number of hydrogen-bond donors (Lipinski definition) is 1. The molecule has 0 bridgehead atoms. The van der Waals surface area contributed by atoms with Gasteiger partial charge in [-0.2, -0.15) is 4.59 Å². The molecule has 0 saturated heterocycles. The van der Waals surface area contributed by atoms with Crippen LogP contribution in [0, 0.1) is 0 Å². The summed E-state index contributed by atoms with van der Waals surface area (Å²) >= 11 is 0. The third kappa shape index (κ3) is 2.59. The minimum atomic E-state index is -0.203. The Morgan fingerprint density at radius 1 is 0.923 bits per heavy atom. The van der Waals surface area contributed by atoms with Crippen molar-refractivity contribution in [3.05, 3.63) is 54.2 Å². The van der Waals surface area contributed by atoms with Crippen LogP contribution in [0.2, 0.25) is 0 Å². The fourth-order valence-electron chi connectivity index (χ4n) is 3.65. The lowest BCUT2D eigenvalue weighted by molar-refractivity contribution is 0.391. The second-order valence-corrected chi connectivity index (χ2v) is 7.14. The van der Waals surface area contributed by atoms with E-state index in [0.717, 1.165) is 34.3 Å². The zero-order valence-corrected chi connectivity index (χ0v) is 16.3. The summed E-state index contributed by atoms with van der Waals surface area (Å²) in [4.78, 5) is 0. The van der Waals surface area contributed by atoms with Crippen molar-refractivity contribution in [1.82, 2.24) is 4.59 Å². The third-order valence-electron chi connectivity index (χ3n) is 5.37. The highest BCUT2D eigenvalue weighted by molar-refractivity contribution is 5.72. The first-order valence-electron chi connectivity index (χ1n) is 8.53. The van der Waals surface area contributed by atoms with Crippen LogP contribution in [-0.2, 0) is 5.41 Å². The largest absolute Gasteiger partial charge is 0.497 e. The maximum atomic E-state index is 5.55. The van der Waals surface area contributed by atoms with Crippen molar-refractivity contribution in [3.63, 3.8) is 0 Å². The highest BCUT2D eigenvalue weighted by atomic mass is 16.5. The van der Waals surface area contributed by atoms with Gasteiger partial charge in [-0.1, -0.05) is 0 Å². The molecule has 0 aliphatic carbocycles. The number of likely N-dealkylation sites (N-methyl/N-ethyl adjacent to an activating group) is 1. The van der Waals surface area contributed by atoms with Crippen LogP contribution in [-0.4, -0.2) is 28.4 Å². The quantitative estimate of drug-likeness (QED) is 0.803. The van der Waals surface area contributed by atoms with E-state index in [1.54, 1.807) is 21.3 Å². The Labute approximate surface area is 155 Å². The molecule has 1 aliphatic heterocycles. The second-order valence-electron chi connectivity index (χ2n) is 7.14. The number of methoxy groups -OCH3 is 3. The Bertz CT molecular complexity index is 860. The summed E-state index contributed by atoms with van der Waals surface area (Å²) in [5, 5.41) is 0. The Morgan fingerprint density at radius 3 is 2.15 bits per heavy atom. The number of ether oxygens (including phenoxy) is 3. The van der Waals surface area contributed by atoms with E-state index in [2.05, 4.69) is 45.0 Å². The van der Waals surface area contributed by atoms with Gasteiger partial charge in [0, 0.05) is 17.7 Å². The van der Waals surface area contributed by atoms with Crippen molar-refractivity contribution in [2.24, 2.45) is 0 Å². The Kier molecular flexibility index (Phi) is 4.36. The van der Waals surface area contributed by atoms with Gasteiger partial charge >= 0.3 is 0 Å². The topological polar surface area (TPSA) is 39.7 Å². The predicted molar refractivity (Wildman–Crippen MR) is 106 cm³/mol. The average Bonchev–Trinajstić information content (AvgIpc) is 2.80. The molecule has 1 aliphatic rings. The molecule has 0 aromatic heterocycles. The van der Waals surface area contributed by atoms with Crippen LogP contribution in [0.5, 0.6) is 17.2 Å². The SMILES string of the molecule is C=C1C(C)(C)c2cc(OC)ccc2[N+]1(C)Nc1ccc(OC)cc1OC. The molecule has 26 heavy (non-hydrogen) atoms. The first-order chi connectivity index (χ1) is 12.3. The number of nitrogens with zero attached hydrogens (tertiary/aromatic N) is 1. The first-order valence-corrected chi connectivity index (χ1v) is 8.53. The molecule has 0 amide bonds. The number of allylic oxidation sites excluding steroid dienone is 1. The standard InChI is InChI=1S/C21H27N2O3/c1-14-21(2,3)17-12-15(24-5)9-11-19(17)23(14,4)22-18-10-8-16(25-6)13-20(18)26-7/h8-13,22H,1H2,2-7H3/q+1. The summed E-state index contributed by atoms with van der Waals surface area (Å²) in [6.07, 6.45) is 0. The van der Waals surface area contributed by atoms with E-state index < -0.39 is 0 Å². The molecule has 0 saturated carbocycles. The predicted octanol–water partition coefficient (Wildman–Crippen LogP) is 4.48. The number of hydrogen-bond acceptors (Lipinski definition) is 4. The van der Waals surface area contributed by atoms with Gasteiger partial charge in [-0.15, -0.1) is 0 Å². The van der Waals surface area contributed by atoms with Crippen molar-refractivity contribution in [2.45, 2.75) is 19.3 Å². The maximum Gasteiger partial charge on any atom is 0.166 e. The minimum Gasteiger partial charge on any atom is -0.497 e. The Morgan fingerprint density at radius 2 is 1.54 bits per heavy atom. The van der Waals surface area contributed by atoms with Gasteiger partial charge in [-0.3, -0.25) is 0 Å². The van der Waals surface area contributed by atoms with Gasteiger partial charge in [0.25, 0.3) is 0 Å². The Balaban J connectivity index is 2.10. The maximum absolute atomic E-state index is 5.55. The van der Waals surface area contributed by atoms with Crippen molar-refractivity contribution in [2.75, 3.05) is 33.8 Å². The van der Waals surface area contributed by atoms with Gasteiger partial charge in [-0.25, -0.2) is 5.43 Å². The molecule has 1 unspecified atom stereocenters. The third-order valence-corrected chi connectivity index (χ3v) is 5.37. The molecule has 1 atom stereocenters. The van der Waals surface area contributed by atoms with E-state index >= 15 is 0 Å². The fraction of sp³-hybridized carbons (Fsp3) is 0.333. The van der Waals surface area contributed by atoms with Gasteiger partial charge in [0.15, 0.2) is 11.4 Å². The van der Waals surface area contributed by atoms with Crippen LogP contribution in [0.3, 0.4) is 0 Å². The summed E-state index contributed by atoms with van der Waals surface area (Å²) in [5.41, 5.74) is 7.65. The number of anilines is 1. The van der Waals surface area contributed by atoms with E-state index in [0.29, 0.717) is 4.59 Å². The van der Waals surface area contributed by atoms with Gasteiger partial charge in [0.1, 0.15) is 29.9 Å². The van der Waals surface area contributed by atoms with Gasteiger partial charge in [-0.05, 0) is 44.7 Å². The van der Waals surface area contributed by atoms with Crippen molar-refractivity contribution in [1.29, 1.82) is 0 Å². The zero-order chi connectivity index (χ0) is 19.1. The van der Waals surface area contributed by atoms with E-state index in [-0.39, 0.29) is 5.41 Å². The van der Waals surface area contributed by atoms with E-state index in [9.17, 15) is 0 Å².